The van der Waals surface area contributed by atoms with Crippen molar-refractivity contribution in [2.75, 3.05) is 5.32 Å². The quantitative estimate of drug-likeness (QED) is 0.242. The molecule has 4 aromatic rings. The number of phenolic OH excluding ortho intramolecular Hbond substituents is 1. The smallest absolute Gasteiger partial charge is 0.332 e. The van der Waals surface area contributed by atoms with Crippen LogP contribution in [0.15, 0.2) is 61.8 Å². The third-order valence-corrected chi connectivity index (χ3v) is 5.46. The molecule has 35 heavy (non-hydrogen) atoms. The predicted molar refractivity (Wildman–Crippen MR) is 129 cm³/mol. The predicted octanol–water partition coefficient (Wildman–Crippen LogP) is 1.27. The Hall–Kier alpha value is -4.61. The van der Waals surface area contributed by atoms with Gasteiger partial charge in [0, 0.05) is 32.6 Å². The zero-order chi connectivity index (χ0) is 24.9. The molecule has 0 aliphatic carbocycles. The maximum absolute atomic E-state index is 12.9. The van der Waals surface area contributed by atoms with E-state index < -0.39 is 11.2 Å². The van der Waals surface area contributed by atoms with Gasteiger partial charge in [0.25, 0.3) is 5.56 Å². The highest BCUT2D eigenvalue weighted by Gasteiger charge is 2.19. The fourth-order valence-electron chi connectivity index (χ4n) is 3.60. The summed E-state index contributed by atoms with van der Waals surface area (Å²) in [5.74, 6) is 0.786. The maximum Gasteiger partial charge on any atom is 0.332 e. The van der Waals surface area contributed by atoms with Crippen molar-refractivity contribution in [3.63, 3.8) is 0 Å². The number of imidazole rings is 1. The van der Waals surface area contributed by atoms with Gasteiger partial charge in [0.05, 0.1) is 19.0 Å². The molecule has 1 amide bonds. The molecule has 0 aliphatic rings. The summed E-state index contributed by atoms with van der Waals surface area (Å²) in [5.41, 5.74) is 2.46. The van der Waals surface area contributed by atoms with E-state index in [2.05, 4.69) is 20.8 Å². The number of nitrogens with zero attached hydrogens (tertiary/aromatic N) is 5. The van der Waals surface area contributed by atoms with Crippen LogP contribution in [0, 0.1) is 0 Å². The Morgan fingerprint density at radius 1 is 1.17 bits per heavy atom. The summed E-state index contributed by atoms with van der Waals surface area (Å²) in [4.78, 5) is 42.0. The van der Waals surface area contributed by atoms with Gasteiger partial charge in [-0.2, -0.15) is 10.1 Å². The highest BCUT2D eigenvalue weighted by molar-refractivity contribution is 5.85. The number of aryl methyl sites for hydroxylation is 2. The van der Waals surface area contributed by atoms with Crippen molar-refractivity contribution in [2.24, 2.45) is 19.2 Å². The Kier molecular flexibility index (Phi) is 6.81. The minimum Gasteiger partial charge on any atom is -0.507 e. The molecule has 0 unspecified atom stereocenters. The Morgan fingerprint density at radius 2 is 1.97 bits per heavy atom. The van der Waals surface area contributed by atoms with E-state index in [-0.39, 0.29) is 29.2 Å². The molecule has 0 fully saturated rings. The van der Waals surface area contributed by atoms with Crippen LogP contribution in [0.3, 0.4) is 0 Å². The summed E-state index contributed by atoms with van der Waals surface area (Å²) in [7, 11) is 2.96. The second-order valence-corrected chi connectivity index (χ2v) is 7.85. The number of hydrogen-bond acceptors (Lipinski definition) is 8. The average Bonchev–Trinajstić information content (AvgIpc) is 3.49. The Labute approximate surface area is 199 Å². The first kappa shape index (κ1) is 23.5. The molecule has 0 aliphatic heterocycles. The van der Waals surface area contributed by atoms with Crippen LogP contribution in [-0.4, -0.2) is 35.9 Å². The first-order valence-electron chi connectivity index (χ1n) is 10.9. The van der Waals surface area contributed by atoms with E-state index >= 15 is 0 Å². The van der Waals surface area contributed by atoms with Gasteiger partial charge in [-0.05, 0) is 30.7 Å². The molecular formula is C23H25N7O5. The Bertz CT molecular complexity index is 1500. The lowest BCUT2D eigenvalue weighted by atomic mass is 10.2. The summed E-state index contributed by atoms with van der Waals surface area (Å²) >= 11 is 0. The number of carbonyl (C=O) groups is 1. The molecule has 4 rings (SSSR count). The van der Waals surface area contributed by atoms with Gasteiger partial charge >= 0.3 is 5.69 Å². The number of carbonyl (C=O) groups excluding carboxylic acids is 1. The minimum atomic E-state index is -0.480. The number of phenols is 1. The highest BCUT2D eigenvalue weighted by atomic mass is 16.3. The molecule has 0 saturated carbocycles. The summed E-state index contributed by atoms with van der Waals surface area (Å²) in [6.45, 7) is 0.618. The van der Waals surface area contributed by atoms with Crippen LogP contribution in [0.4, 0.5) is 5.95 Å². The average molecular weight is 479 g/mol. The number of aromatic hydroxyl groups is 1. The number of rotatable bonds is 9. The number of nitrogens with one attached hydrogen (secondary N) is 2. The zero-order valence-electron chi connectivity index (χ0n) is 19.3. The van der Waals surface area contributed by atoms with Crippen LogP contribution in [0.1, 0.15) is 24.2 Å². The summed E-state index contributed by atoms with van der Waals surface area (Å²) in [5, 5.41) is 16.8. The minimum absolute atomic E-state index is 0.0584. The molecule has 0 radical (unpaired) electrons. The lowest BCUT2D eigenvalue weighted by Gasteiger charge is -2.10. The van der Waals surface area contributed by atoms with E-state index in [1.807, 2.05) is 0 Å². The molecule has 3 N–H and O–H groups in total. The monoisotopic (exact) mass is 479 g/mol. The van der Waals surface area contributed by atoms with Gasteiger partial charge in [0.1, 0.15) is 11.5 Å². The van der Waals surface area contributed by atoms with Crippen molar-refractivity contribution in [2.45, 2.75) is 25.9 Å². The van der Waals surface area contributed by atoms with Crippen LogP contribution in [0.2, 0.25) is 0 Å². The van der Waals surface area contributed by atoms with Gasteiger partial charge in [0.15, 0.2) is 11.2 Å². The Morgan fingerprint density at radius 3 is 2.71 bits per heavy atom. The summed E-state index contributed by atoms with van der Waals surface area (Å²) in [6, 6.07) is 10.2. The molecule has 0 saturated heterocycles. The fraction of sp³-hybridized carbons (Fsp3) is 0.261. The van der Waals surface area contributed by atoms with Crippen molar-refractivity contribution in [3.8, 4) is 5.75 Å². The van der Waals surface area contributed by atoms with Gasteiger partial charge in [-0.15, -0.1) is 0 Å². The molecule has 3 heterocycles. The number of para-hydroxylation sites is 1. The van der Waals surface area contributed by atoms with Gasteiger partial charge in [-0.1, -0.05) is 12.1 Å². The van der Waals surface area contributed by atoms with Crippen LogP contribution < -0.4 is 22.0 Å². The first-order valence-corrected chi connectivity index (χ1v) is 10.9. The number of furan rings is 1. The third-order valence-electron chi connectivity index (χ3n) is 5.46. The third kappa shape index (κ3) is 5.00. The van der Waals surface area contributed by atoms with Crippen molar-refractivity contribution in [1.29, 1.82) is 0 Å². The van der Waals surface area contributed by atoms with E-state index in [1.165, 1.54) is 23.9 Å². The van der Waals surface area contributed by atoms with Crippen LogP contribution in [0.5, 0.6) is 5.75 Å². The van der Waals surface area contributed by atoms with Crippen molar-refractivity contribution >= 4 is 29.2 Å². The van der Waals surface area contributed by atoms with Crippen molar-refractivity contribution < 1.29 is 14.3 Å². The summed E-state index contributed by atoms with van der Waals surface area (Å²) in [6.07, 6.45) is 3.42. The number of benzene rings is 1. The largest absolute Gasteiger partial charge is 0.507 e. The van der Waals surface area contributed by atoms with E-state index in [0.717, 1.165) is 4.57 Å². The molecule has 12 nitrogen and oxygen atoms in total. The molecule has 0 atom stereocenters. The number of fused-ring (bicyclic) bond motifs is 1. The topological polar surface area (TPSA) is 149 Å². The number of amides is 1. The molecule has 182 valence electrons. The zero-order valence-corrected chi connectivity index (χ0v) is 19.3. The molecule has 3 aromatic heterocycles. The highest BCUT2D eigenvalue weighted by Crippen LogP contribution is 2.18. The number of hydrazone groups is 1. The van der Waals surface area contributed by atoms with Crippen LogP contribution in [-0.2, 0) is 32.0 Å². The maximum atomic E-state index is 12.9. The SMILES string of the molecule is Cn1c(=O)c2c(nc(NCc3ccco3)n2CCCC(=O)N/N=C/c2ccccc2O)n(C)c1=O. The fourth-order valence-corrected chi connectivity index (χ4v) is 3.60. The van der Waals surface area contributed by atoms with E-state index in [1.54, 1.807) is 48.2 Å². The first-order chi connectivity index (χ1) is 16.9. The molecule has 1 aromatic carbocycles. The molecule has 12 heteroatoms. The lowest BCUT2D eigenvalue weighted by Crippen LogP contribution is -2.37. The van der Waals surface area contributed by atoms with Crippen LogP contribution >= 0.6 is 0 Å². The number of anilines is 1. The van der Waals surface area contributed by atoms with Gasteiger partial charge < -0.3 is 19.4 Å². The van der Waals surface area contributed by atoms with E-state index in [4.69, 9.17) is 4.42 Å². The second kappa shape index (κ2) is 10.1. The number of hydrogen-bond donors (Lipinski definition) is 3. The molecule has 0 bridgehead atoms. The molecule has 0 spiro atoms. The second-order valence-electron chi connectivity index (χ2n) is 7.85. The molecular weight excluding hydrogens is 454 g/mol. The normalized spacial score (nSPS) is 11.4. The number of aromatic nitrogens is 4. The van der Waals surface area contributed by atoms with Gasteiger partial charge in [-0.25, -0.2) is 10.2 Å². The Balaban J connectivity index is 1.50. The van der Waals surface area contributed by atoms with Gasteiger partial charge in [-0.3, -0.25) is 18.7 Å². The summed E-state index contributed by atoms with van der Waals surface area (Å²) < 4.78 is 9.34. The van der Waals surface area contributed by atoms with Crippen molar-refractivity contribution in [3.05, 3.63) is 74.8 Å². The van der Waals surface area contributed by atoms with Gasteiger partial charge in [0.2, 0.25) is 11.9 Å². The van der Waals surface area contributed by atoms with E-state index in [0.29, 0.717) is 36.8 Å². The lowest BCUT2D eigenvalue weighted by molar-refractivity contribution is -0.121. The van der Waals surface area contributed by atoms with Crippen LogP contribution in [0.25, 0.3) is 11.2 Å². The van der Waals surface area contributed by atoms with Crippen molar-refractivity contribution in [1.82, 2.24) is 24.1 Å². The standard InChI is InChI=1S/C23H25N7O5/c1-28-20-19(21(33)29(2)23(28)34)30(22(26-20)24-14-16-8-6-12-35-16)11-5-10-18(32)27-25-13-15-7-3-4-9-17(15)31/h3-4,6-9,12-13,31H,5,10-11,14H2,1-2H3,(H,24,26)(H,27,32)/b25-13+. The van der Waals surface area contributed by atoms with E-state index in [9.17, 15) is 19.5 Å².